The monoisotopic (exact) mass is 505 g/mol. The van der Waals surface area contributed by atoms with Crippen LogP contribution >= 0.6 is 0 Å². The number of urea groups is 1. The second-order valence-electron chi connectivity index (χ2n) is 8.21. The normalized spacial score (nSPS) is 19.7. The Morgan fingerprint density at radius 2 is 2.00 bits per heavy atom. The lowest BCUT2D eigenvalue weighted by Crippen LogP contribution is -2.65. The van der Waals surface area contributed by atoms with Crippen molar-refractivity contribution in [2.45, 2.75) is 25.3 Å². The Hall–Kier alpha value is -4.07. The summed E-state index contributed by atoms with van der Waals surface area (Å²) in [5, 5.41) is 11.7. The summed E-state index contributed by atoms with van der Waals surface area (Å²) in [6, 6.07) is 3.89. The van der Waals surface area contributed by atoms with Crippen LogP contribution in [-0.4, -0.2) is 92.9 Å². The molecule has 0 radical (unpaired) electrons. The molecule has 2 unspecified atom stereocenters. The minimum Gasteiger partial charge on any atom is -0.395 e. The number of aromatic nitrogens is 2. The van der Waals surface area contributed by atoms with Crippen molar-refractivity contribution in [3.8, 4) is 11.3 Å². The summed E-state index contributed by atoms with van der Waals surface area (Å²) in [5.41, 5.74) is -0.739. The number of β-amino-alcohol motifs (C(OH)–C–C–N with tert-alkyl or cyclic N) is 1. The van der Waals surface area contributed by atoms with Gasteiger partial charge in [0, 0.05) is 24.5 Å². The summed E-state index contributed by atoms with van der Waals surface area (Å²) in [4.78, 5) is 53.6. The van der Waals surface area contributed by atoms with Crippen LogP contribution in [0.2, 0.25) is 0 Å². The van der Waals surface area contributed by atoms with Crippen LogP contribution in [-0.2, 0) is 15.8 Å². The van der Waals surface area contributed by atoms with Crippen LogP contribution in [0.3, 0.4) is 0 Å². The zero-order chi connectivity index (χ0) is 26.2. The van der Waals surface area contributed by atoms with E-state index in [0.29, 0.717) is 0 Å². The molecule has 11 nitrogen and oxygen atoms in total. The summed E-state index contributed by atoms with van der Waals surface area (Å²) in [6.07, 6.45) is -2.81. The average Bonchev–Trinajstić information content (AvgIpc) is 3.23. The molecule has 0 spiro atoms. The number of likely N-dealkylation sites (N-methyl/N-ethyl adjacent to an activating group) is 1. The molecule has 36 heavy (non-hydrogen) atoms. The topological polar surface area (TPSA) is 131 Å². The molecule has 14 heteroatoms. The molecule has 2 aliphatic heterocycles. The van der Waals surface area contributed by atoms with Gasteiger partial charge in [0.1, 0.15) is 5.82 Å². The minimum atomic E-state index is -4.57. The molecule has 2 atom stereocenters. The molecule has 4 rings (SSSR count). The van der Waals surface area contributed by atoms with Crippen LogP contribution in [0.15, 0.2) is 35.5 Å². The van der Waals surface area contributed by atoms with Gasteiger partial charge in [0.15, 0.2) is 12.2 Å². The van der Waals surface area contributed by atoms with E-state index in [2.05, 4.69) is 20.3 Å². The number of hydrogen-bond acceptors (Lipinski definition) is 8. The molecule has 2 aliphatic rings. The standard InChI is InChI=1S/C22H22F3N7O4/c1-12-14(22(23,24)25)8-13(9-26-12)15-4-3-5-16(28-15)29-17(34)10-31-11-27-19-18(31)20(35)32(6-7-33)21(36)30(19)2/h3-5,8-9,11,18-19,33H,6-7,10H2,1-2H3,(H,28,29,34). The Morgan fingerprint density at radius 3 is 2.69 bits per heavy atom. The number of fused-ring (bicyclic) bond motifs is 1. The van der Waals surface area contributed by atoms with E-state index in [1.807, 2.05) is 0 Å². The van der Waals surface area contributed by atoms with Crippen LogP contribution in [0.25, 0.3) is 11.3 Å². The maximum atomic E-state index is 13.3. The number of nitrogens with zero attached hydrogens (tertiary/aromatic N) is 6. The molecule has 0 bridgehead atoms. The van der Waals surface area contributed by atoms with Gasteiger partial charge in [-0.1, -0.05) is 6.07 Å². The highest BCUT2D eigenvalue weighted by Crippen LogP contribution is 2.33. The number of aliphatic hydroxyl groups excluding tert-OH is 1. The first kappa shape index (κ1) is 25.0. The van der Waals surface area contributed by atoms with Gasteiger partial charge in [0.2, 0.25) is 5.91 Å². The lowest BCUT2D eigenvalue weighted by Gasteiger charge is -2.40. The third-order valence-electron chi connectivity index (χ3n) is 5.81. The maximum Gasteiger partial charge on any atom is 0.418 e. The van der Waals surface area contributed by atoms with E-state index in [-0.39, 0.29) is 35.9 Å². The molecular weight excluding hydrogens is 483 g/mol. The fourth-order valence-electron chi connectivity index (χ4n) is 4.04. The number of aryl methyl sites for hydroxylation is 1. The molecule has 0 aliphatic carbocycles. The number of aliphatic imine (C=N–C) groups is 1. The SMILES string of the molecule is Cc1ncc(-c2cccc(NC(=O)CN3C=NC4C3C(=O)N(CCO)C(=O)N4C)n2)cc1C(F)(F)F. The van der Waals surface area contributed by atoms with Crippen molar-refractivity contribution in [3.63, 3.8) is 0 Å². The van der Waals surface area contributed by atoms with Crippen molar-refractivity contribution >= 4 is 30.0 Å². The summed E-state index contributed by atoms with van der Waals surface area (Å²) < 4.78 is 39.8. The molecular formula is C22H22F3N7O4. The number of nitrogens with one attached hydrogen (secondary N) is 1. The van der Waals surface area contributed by atoms with E-state index in [4.69, 9.17) is 0 Å². The van der Waals surface area contributed by atoms with Crippen LogP contribution in [0.1, 0.15) is 11.3 Å². The maximum absolute atomic E-state index is 13.3. The Kier molecular flexibility index (Phi) is 6.63. The predicted octanol–water partition coefficient (Wildman–Crippen LogP) is 1.33. The number of anilines is 1. The number of imide groups is 1. The van der Waals surface area contributed by atoms with E-state index in [9.17, 15) is 32.7 Å². The number of alkyl halides is 3. The Labute approximate surface area is 203 Å². The van der Waals surface area contributed by atoms with Crippen LogP contribution in [0, 0.1) is 6.92 Å². The molecule has 1 fully saturated rings. The van der Waals surface area contributed by atoms with Gasteiger partial charge in [0.05, 0.1) is 37.3 Å². The third-order valence-corrected chi connectivity index (χ3v) is 5.81. The first-order valence-corrected chi connectivity index (χ1v) is 10.8. The molecule has 4 heterocycles. The van der Waals surface area contributed by atoms with E-state index in [0.717, 1.165) is 11.0 Å². The summed E-state index contributed by atoms with van der Waals surface area (Å²) >= 11 is 0. The highest BCUT2D eigenvalue weighted by molar-refractivity contribution is 6.03. The van der Waals surface area contributed by atoms with Crippen molar-refractivity contribution in [2.24, 2.45) is 4.99 Å². The molecule has 2 aromatic rings. The van der Waals surface area contributed by atoms with Crippen LogP contribution in [0.4, 0.5) is 23.8 Å². The fourth-order valence-corrected chi connectivity index (χ4v) is 4.04. The van der Waals surface area contributed by atoms with Crippen molar-refractivity contribution in [3.05, 3.63) is 41.7 Å². The summed E-state index contributed by atoms with van der Waals surface area (Å²) in [6.45, 7) is 0.358. The van der Waals surface area contributed by atoms with Crippen LogP contribution in [0.5, 0.6) is 0 Å². The van der Waals surface area contributed by atoms with Gasteiger partial charge >= 0.3 is 12.2 Å². The molecule has 1 saturated heterocycles. The highest BCUT2D eigenvalue weighted by atomic mass is 19.4. The van der Waals surface area contributed by atoms with Gasteiger partial charge < -0.3 is 20.2 Å². The number of rotatable bonds is 6. The number of aliphatic hydroxyl groups is 1. The van der Waals surface area contributed by atoms with Gasteiger partial charge in [0.25, 0.3) is 5.91 Å². The number of amides is 4. The van der Waals surface area contributed by atoms with Crippen molar-refractivity contribution in [2.75, 3.05) is 32.1 Å². The van der Waals surface area contributed by atoms with Gasteiger partial charge in [-0.3, -0.25) is 19.5 Å². The predicted molar refractivity (Wildman–Crippen MR) is 121 cm³/mol. The molecule has 4 amide bonds. The largest absolute Gasteiger partial charge is 0.418 e. The fraction of sp³-hybridized carbons (Fsp3) is 0.364. The van der Waals surface area contributed by atoms with E-state index >= 15 is 0 Å². The first-order chi connectivity index (χ1) is 17.0. The first-order valence-electron chi connectivity index (χ1n) is 10.8. The molecule has 190 valence electrons. The zero-order valence-electron chi connectivity index (χ0n) is 19.2. The van der Waals surface area contributed by atoms with Crippen molar-refractivity contribution < 1.29 is 32.7 Å². The minimum absolute atomic E-state index is 0.0866. The molecule has 0 aromatic carbocycles. The number of carbonyl (C=O) groups is 3. The van der Waals surface area contributed by atoms with Gasteiger partial charge in [-0.25, -0.2) is 14.8 Å². The third kappa shape index (κ3) is 4.71. The smallest absolute Gasteiger partial charge is 0.395 e. The highest BCUT2D eigenvalue weighted by Gasteiger charge is 2.49. The van der Waals surface area contributed by atoms with Gasteiger partial charge in [-0.05, 0) is 25.1 Å². The van der Waals surface area contributed by atoms with E-state index in [1.54, 1.807) is 0 Å². The second kappa shape index (κ2) is 9.53. The zero-order valence-corrected chi connectivity index (χ0v) is 19.2. The molecule has 2 aromatic heterocycles. The quantitative estimate of drug-likeness (QED) is 0.606. The summed E-state index contributed by atoms with van der Waals surface area (Å²) in [5.74, 6) is -1.07. The summed E-state index contributed by atoms with van der Waals surface area (Å²) in [7, 11) is 1.47. The number of hydrogen-bond donors (Lipinski definition) is 2. The van der Waals surface area contributed by atoms with Gasteiger partial charge in [-0.2, -0.15) is 13.2 Å². The Morgan fingerprint density at radius 1 is 1.25 bits per heavy atom. The van der Waals surface area contributed by atoms with E-state index in [1.165, 1.54) is 54.5 Å². The Balaban J connectivity index is 1.48. The lowest BCUT2D eigenvalue weighted by atomic mass is 10.1. The molecule has 0 saturated carbocycles. The second-order valence-corrected chi connectivity index (χ2v) is 8.21. The van der Waals surface area contributed by atoms with Crippen molar-refractivity contribution in [1.29, 1.82) is 0 Å². The Bertz CT molecular complexity index is 1240. The number of carbonyl (C=O) groups excluding carboxylic acids is 3. The average molecular weight is 505 g/mol. The lowest BCUT2D eigenvalue weighted by molar-refractivity contribution is -0.139. The van der Waals surface area contributed by atoms with Crippen LogP contribution < -0.4 is 5.32 Å². The van der Waals surface area contributed by atoms with Gasteiger partial charge in [-0.15, -0.1) is 0 Å². The molecule has 2 N–H and O–H groups in total. The number of pyridine rings is 2. The number of halogens is 3. The van der Waals surface area contributed by atoms with Crippen molar-refractivity contribution in [1.82, 2.24) is 24.7 Å². The van der Waals surface area contributed by atoms with E-state index < -0.39 is 48.4 Å².